The minimum Gasteiger partial charge on any atom is -0.370 e. The van der Waals surface area contributed by atoms with Crippen molar-refractivity contribution in [1.29, 1.82) is 0 Å². The molecule has 0 saturated carbocycles. The highest BCUT2D eigenvalue weighted by Gasteiger charge is 2.06. The maximum absolute atomic E-state index is 5.73. The Morgan fingerprint density at radius 3 is 2.68 bits per heavy atom. The van der Waals surface area contributed by atoms with Crippen LogP contribution in [0, 0.1) is 13.8 Å². The molecule has 0 saturated heterocycles. The average molecular weight is 274 g/mol. The van der Waals surface area contributed by atoms with Gasteiger partial charge in [0.1, 0.15) is 10.8 Å². The molecule has 3 N–H and O–H groups in total. The second-order valence-corrected chi connectivity index (χ2v) is 5.41. The van der Waals surface area contributed by atoms with Gasteiger partial charge in [-0.15, -0.1) is 0 Å². The van der Waals surface area contributed by atoms with Gasteiger partial charge in [-0.05, 0) is 32.4 Å². The Morgan fingerprint density at radius 2 is 2.00 bits per heavy atom. The largest absolute Gasteiger partial charge is 0.370 e. The Morgan fingerprint density at radius 1 is 1.21 bits per heavy atom. The van der Waals surface area contributed by atoms with Crippen molar-refractivity contribution in [3.8, 4) is 0 Å². The Hall–Kier alpha value is -1.75. The summed E-state index contributed by atoms with van der Waals surface area (Å²) >= 11 is 1.61. The molecular formula is C14H18N4S. The summed E-state index contributed by atoms with van der Waals surface area (Å²) < 4.78 is 0. The zero-order chi connectivity index (χ0) is 13.8. The minimum atomic E-state index is 0.297. The Labute approximate surface area is 117 Å². The van der Waals surface area contributed by atoms with Crippen molar-refractivity contribution in [3.05, 3.63) is 35.4 Å². The van der Waals surface area contributed by atoms with E-state index < -0.39 is 0 Å². The SMILES string of the molecule is CCNc1cc(Sc2ccc(C)cc2C)nc(N)n1. The van der Waals surface area contributed by atoms with Gasteiger partial charge in [0.05, 0.1) is 0 Å². The van der Waals surface area contributed by atoms with Gasteiger partial charge >= 0.3 is 0 Å². The van der Waals surface area contributed by atoms with Crippen LogP contribution < -0.4 is 11.1 Å². The molecule has 0 unspecified atom stereocenters. The van der Waals surface area contributed by atoms with Crippen LogP contribution in [0.5, 0.6) is 0 Å². The summed E-state index contributed by atoms with van der Waals surface area (Å²) in [6.45, 7) is 7.03. The predicted octanol–water partition coefficient (Wildman–Crippen LogP) is 3.26. The number of rotatable bonds is 4. The van der Waals surface area contributed by atoms with Crippen LogP contribution in [-0.2, 0) is 0 Å². The van der Waals surface area contributed by atoms with E-state index in [1.165, 1.54) is 16.0 Å². The van der Waals surface area contributed by atoms with Crippen LogP contribution in [0.25, 0.3) is 0 Å². The molecule has 0 spiro atoms. The van der Waals surface area contributed by atoms with Crippen molar-refractivity contribution < 1.29 is 0 Å². The second-order valence-electron chi connectivity index (χ2n) is 4.35. The van der Waals surface area contributed by atoms with Crippen molar-refractivity contribution in [2.24, 2.45) is 0 Å². The fourth-order valence-electron chi connectivity index (χ4n) is 1.79. The van der Waals surface area contributed by atoms with Crippen LogP contribution in [-0.4, -0.2) is 16.5 Å². The van der Waals surface area contributed by atoms with Crippen molar-refractivity contribution >= 4 is 23.5 Å². The molecule has 0 fully saturated rings. The Bertz CT molecular complexity index is 584. The van der Waals surface area contributed by atoms with Gasteiger partial charge in [0.25, 0.3) is 0 Å². The first kappa shape index (κ1) is 13.7. The zero-order valence-corrected chi connectivity index (χ0v) is 12.2. The highest BCUT2D eigenvalue weighted by atomic mass is 32.2. The highest BCUT2D eigenvalue weighted by molar-refractivity contribution is 7.99. The molecule has 1 aromatic heterocycles. The molecule has 19 heavy (non-hydrogen) atoms. The summed E-state index contributed by atoms with van der Waals surface area (Å²) in [6, 6.07) is 8.30. The van der Waals surface area contributed by atoms with E-state index in [-0.39, 0.29) is 0 Å². The first-order valence-electron chi connectivity index (χ1n) is 6.22. The van der Waals surface area contributed by atoms with Gasteiger partial charge < -0.3 is 11.1 Å². The average Bonchev–Trinajstić information content (AvgIpc) is 2.32. The maximum Gasteiger partial charge on any atom is 0.223 e. The number of aryl methyl sites for hydroxylation is 2. The number of anilines is 2. The number of hydrogen-bond acceptors (Lipinski definition) is 5. The number of nitrogens with two attached hydrogens (primary N) is 1. The van der Waals surface area contributed by atoms with Gasteiger partial charge in [-0.3, -0.25) is 0 Å². The third-order valence-electron chi connectivity index (χ3n) is 2.62. The van der Waals surface area contributed by atoms with E-state index in [9.17, 15) is 0 Å². The summed E-state index contributed by atoms with van der Waals surface area (Å²) in [5, 5.41) is 4.01. The van der Waals surface area contributed by atoms with Gasteiger partial charge in [0.2, 0.25) is 5.95 Å². The lowest BCUT2D eigenvalue weighted by Gasteiger charge is -2.08. The molecule has 0 bridgehead atoms. The molecule has 0 atom stereocenters. The smallest absolute Gasteiger partial charge is 0.223 e. The van der Waals surface area contributed by atoms with Crippen LogP contribution in [0.4, 0.5) is 11.8 Å². The molecule has 1 heterocycles. The van der Waals surface area contributed by atoms with Crippen molar-refractivity contribution in [2.75, 3.05) is 17.6 Å². The molecule has 2 rings (SSSR count). The first-order chi connectivity index (χ1) is 9.08. The van der Waals surface area contributed by atoms with E-state index in [4.69, 9.17) is 5.73 Å². The van der Waals surface area contributed by atoms with E-state index in [1.807, 2.05) is 13.0 Å². The molecule has 2 aromatic rings. The molecule has 0 aliphatic rings. The second kappa shape index (κ2) is 5.93. The molecule has 100 valence electrons. The molecule has 5 heteroatoms. The van der Waals surface area contributed by atoms with Gasteiger partial charge in [-0.2, -0.15) is 4.98 Å². The summed E-state index contributed by atoms with van der Waals surface area (Å²) in [5.41, 5.74) is 8.23. The van der Waals surface area contributed by atoms with Crippen molar-refractivity contribution in [2.45, 2.75) is 30.7 Å². The number of nitrogens with one attached hydrogen (secondary N) is 1. The third-order valence-corrected chi connectivity index (χ3v) is 3.72. The zero-order valence-electron chi connectivity index (χ0n) is 11.4. The number of aromatic nitrogens is 2. The molecular weight excluding hydrogens is 256 g/mol. The number of nitrogen functional groups attached to an aromatic ring is 1. The fraction of sp³-hybridized carbons (Fsp3) is 0.286. The lowest BCUT2D eigenvalue weighted by molar-refractivity contribution is 1.04. The molecule has 0 amide bonds. The predicted molar refractivity (Wildman–Crippen MR) is 80.6 cm³/mol. The van der Waals surface area contributed by atoms with Crippen LogP contribution in [0.2, 0.25) is 0 Å². The van der Waals surface area contributed by atoms with Crippen molar-refractivity contribution in [3.63, 3.8) is 0 Å². The summed E-state index contributed by atoms with van der Waals surface area (Å²) in [4.78, 5) is 9.59. The van der Waals surface area contributed by atoms with E-state index in [0.29, 0.717) is 5.95 Å². The monoisotopic (exact) mass is 274 g/mol. The maximum atomic E-state index is 5.73. The van der Waals surface area contributed by atoms with Gasteiger partial charge in [0, 0.05) is 17.5 Å². The summed E-state index contributed by atoms with van der Waals surface area (Å²) in [7, 11) is 0. The van der Waals surface area contributed by atoms with Crippen molar-refractivity contribution in [1.82, 2.24) is 9.97 Å². The van der Waals surface area contributed by atoms with Crippen LogP contribution >= 0.6 is 11.8 Å². The van der Waals surface area contributed by atoms with Crippen LogP contribution in [0.15, 0.2) is 34.2 Å². The highest BCUT2D eigenvalue weighted by Crippen LogP contribution is 2.30. The molecule has 0 radical (unpaired) electrons. The number of hydrogen-bond donors (Lipinski definition) is 2. The quantitative estimate of drug-likeness (QED) is 0.838. The fourth-order valence-corrected chi connectivity index (χ4v) is 2.68. The normalized spacial score (nSPS) is 10.5. The molecule has 0 aliphatic carbocycles. The molecule has 1 aromatic carbocycles. The first-order valence-corrected chi connectivity index (χ1v) is 7.03. The van der Waals surface area contributed by atoms with E-state index >= 15 is 0 Å². The number of benzene rings is 1. The summed E-state index contributed by atoms with van der Waals surface area (Å²) in [6.07, 6.45) is 0. The lowest BCUT2D eigenvalue weighted by Crippen LogP contribution is -2.03. The van der Waals surface area contributed by atoms with Crippen LogP contribution in [0.3, 0.4) is 0 Å². The third kappa shape index (κ3) is 3.61. The number of nitrogens with zero attached hydrogens (tertiary/aromatic N) is 2. The van der Waals surface area contributed by atoms with E-state index in [2.05, 4.69) is 47.3 Å². The Balaban J connectivity index is 2.27. The van der Waals surface area contributed by atoms with E-state index in [0.717, 1.165) is 17.4 Å². The Kier molecular flexibility index (Phi) is 4.27. The van der Waals surface area contributed by atoms with Crippen LogP contribution in [0.1, 0.15) is 18.1 Å². The minimum absolute atomic E-state index is 0.297. The summed E-state index contributed by atoms with van der Waals surface area (Å²) in [5.74, 6) is 1.06. The lowest BCUT2D eigenvalue weighted by atomic mass is 10.2. The van der Waals surface area contributed by atoms with E-state index in [1.54, 1.807) is 11.8 Å². The molecule has 0 aliphatic heterocycles. The van der Waals surface area contributed by atoms with Gasteiger partial charge in [-0.1, -0.05) is 29.5 Å². The van der Waals surface area contributed by atoms with Gasteiger partial charge in [0.15, 0.2) is 0 Å². The standard InChI is InChI=1S/C14H18N4S/c1-4-16-12-8-13(18-14(15)17-12)19-11-6-5-9(2)7-10(11)3/h5-8H,4H2,1-3H3,(H3,15,16,17,18). The van der Waals surface area contributed by atoms with Gasteiger partial charge in [-0.25, -0.2) is 4.98 Å². The molecule has 4 nitrogen and oxygen atoms in total. The topological polar surface area (TPSA) is 63.8 Å².